The lowest BCUT2D eigenvalue weighted by Gasteiger charge is -2.33. The zero-order valence-electron chi connectivity index (χ0n) is 8.58. The Morgan fingerprint density at radius 2 is 2.21 bits per heavy atom. The summed E-state index contributed by atoms with van der Waals surface area (Å²) >= 11 is 1.73. The molecular formula is C10H15NO2S. The van der Waals surface area contributed by atoms with Crippen LogP contribution in [0.25, 0.3) is 0 Å². The molecule has 4 heteroatoms. The first-order valence-corrected chi connectivity index (χ1v) is 5.64. The normalized spacial score (nSPS) is 21.0. The largest absolute Gasteiger partial charge is 0.381 e. The standard InChI is InChI=1S/C10H15NO2S/c1-8-7-11-9(14-8)10(12-2)3-5-13-6-4-10/h7H,3-6H2,1-2H3. The molecule has 14 heavy (non-hydrogen) atoms. The Morgan fingerprint density at radius 3 is 2.71 bits per heavy atom. The summed E-state index contributed by atoms with van der Waals surface area (Å²) in [5.74, 6) is 0. The molecule has 3 nitrogen and oxygen atoms in total. The van der Waals surface area contributed by atoms with Crippen LogP contribution in [0.4, 0.5) is 0 Å². The SMILES string of the molecule is COC1(c2ncc(C)s2)CCOCC1. The minimum Gasteiger partial charge on any atom is -0.381 e. The fourth-order valence-corrected chi connectivity index (χ4v) is 2.76. The quantitative estimate of drug-likeness (QED) is 0.754. The summed E-state index contributed by atoms with van der Waals surface area (Å²) in [6.45, 7) is 3.61. The maximum absolute atomic E-state index is 5.65. The van der Waals surface area contributed by atoms with Gasteiger partial charge in [0.15, 0.2) is 0 Å². The predicted octanol–water partition coefficient (Wildman–Crippen LogP) is 2.10. The highest BCUT2D eigenvalue weighted by molar-refractivity contribution is 7.11. The molecule has 0 aromatic carbocycles. The molecule has 1 fully saturated rings. The summed E-state index contributed by atoms with van der Waals surface area (Å²) in [4.78, 5) is 5.66. The number of aryl methyl sites for hydroxylation is 1. The second kappa shape index (κ2) is 3.96. The van der Waals surface area contributed by atoms with Crippen LogP contribution in [0.5, 0.6) is 0 Å². The first-order chi connectivity index (χ1) is 6.77. The summed E-state index contributed by atoms with van der Waals surface area (Å²) < 4.78 is 11.0. The molecular weight excluding hydrogens is 198 g/mol. The molecule has 78 valence electrons. The van der Waals surface area contributed by atoms with E-state index < -0.39 is 0 Å². The topological polar surface area (TPSA) is 31.4 Å². The summed E-state index contributed by atoms with van der Waals surface area (Å²) in [6, 6.07) is 0. The highest BCUT2D eigenvalue weighted by Crippen LogP contribution is 2.37. The van der Waals surface area contributed by atoms with Gasteiger partial charge in [0.05, 0.1) is 0 Å². The van der Waals surface area contributed by atoms with Gasteiger partial charge < -0.3 is 9.47 Å². The second-order valence-corrected chi connectivity index (χ2v) is 4.82. The van der Waals surface area contributed by atoms with E-state index in [0.717, 1.165) is 31.1 Å². The summed E-state index contributed by atoms with van der Waals surface area (Å²) in [6.07, 6.45) is 3.74. The van der Waals surface area contributed by atoms with Gasteiger partial charge in [-0.1, -0.05) is 0 Å². The Labute approximate surface area is 88.1 Å². The summed E-state index contributed by atoms with van der Waals surface area (Å²) in [7, 11) is 1.77. The van der Waals surface area contributed by atoms with E-state index in [2.05, 4.69) is 11.9 Å². The van der Waals surface area contributed by atoms with Crippen molar-refractivity contribution >= 4 is 11.3 Å². The van der Waals surface area contributed by atoms with E-state index >= 15 is 0 Å². The molecule has 0 amide bonds. The average Bonchev–Trinajstić information content (AvgIpc) is 2.66. The molecule has 0 N–H and O–H groups in total. The molecule has 1 aromatic heterocycles. The lowest BCUT2D eigenvalue weighted by molar-refractivity contribution is -0.0948. The zero-order chi connectivity index (χ0) is 10.0. The molecule has 2 heterocycles. The molecule has 0 atom stereocenters. The van der Waals surface area contributed by atoms with Crippen LogP contribution in [0.2, 0.25) is 0 Å². The van der Waals surface area contributed by atoms with Crippen LogP contribution in [-0.4, -0.2) is 25.3 Å². The first kappa shape index (κ1) is 10.1. The molecule has 1 saturated heterocycles. The summed E-state index contributed by atoms with van der Waals surface area (Å²) in [5, 5.41) is 1.10. The van der Waals surface area contributed by atoms with Gasteiger partial charge >= 0.3 is 0 Å². The van der Waals surface area contributed by atoms with Crippen LogP contribution in [0.15, 0.2) is 6.20 Å². The summed E-state index contributed by atoms with van der Waals surface area (Å²) in [5.41, 5.74) is -0.183. The number of aromatic nitrogens is 1. The number of nitrogens with zero attached hydrogens (tertiary/aromatic N) is 1. The lowest BCUT2D eigenvalue weighted by Crippen LogP contribution is -2.35. The van der Waals surface area contributed by atoms with Gasteiger partial charge in [-0.25, -0.2) is 4.98 Å². The molecule has 1 aliphatic heterocycles. The minimum atomic E-state index is -0.183. The van der Waals surface area contributed by atoms with Crippen LogP contribution in [0.3, 0.4) is 0 Å². The molecule has 1 aliphatic rings. The van der Waals surface area contributed by atoms with Gasteiger partial charge in [-0.15, -0.1) is 11.3 Å². The van der Waals surface area contributed by atoms with Crippen LogP contribution >= 0.6 is 11.3 Å². The number of thiazole rings is 1. The van der Waals surface area contributed by atoms with Gasteiger partial charge in [-0.3, -0.25) is 0 Å². The maximum Gasteiger partial charge on any atom is 0.125 e. The van der Waals surface area contributed by atoms with Crippen molar-refractivity contribution in [1.82, 2.24) is 4.98 Å². The van der Waals surface area contributed by atoms with Gasteiger partial charge in [-0.05, 0) is 6.92 Å². The Balaban J connectivity index is 2.26. The smallest absolute Gasteiger partial charge is 0.125 e. The van der Waals surface area contributed by atoms with Crippen molar-refractivity contribution in [2.45, 2.75) is 25.4 Å². The molecule has 1 aromatic rings. The van der Waals surface area contributed by atoms with E-state index in [0.29, 0.717) is 0 Å². The van der Waals surface area contributed by atoms with Crippen molar-refractivity contribution in [1.29, 1.82) is 0 Å². The van der Waals surface area contributed by atoms with E-state index in [1.807, 2.05) is 6.20 Å². The van der Waals surface area contributed by atoms with Gasteiger partial charge in [0.1, 0.15) is 10.6 Å². The molecule has 0 spiro atoms. The van der Waals surface area contributed by atoms with Gasteiger partial charge in [0.2, 0.25) is 0 Å². The third kappa shape index (κ3) is 1.69. The fraction of sp³-hybridized carbons (Fsp3) is 0.700. The van der Waals surface area contributed by atoms with Crippen molar-refractivity contribution in [2.24, 2.45) is 0 Å². The van der Waals surface area contributed by atoms with Crippen molar-refractivity contribution in [3.8, 4) is 0 Å². The van der Waals surface area contributed by atoms with Gasteiger partial charge in [-0.2, -0.15) is 0 Å². The third-order valence-electron chi connectivity index (χ3n) is 2.70. The van der Waals surface area contributed by atoms with Gasteiger partial charge in [0.25, 0.3) is 0 Å². The van der Waals surface area contributed by atoms with E-state index in [1.165, 1.54) is 4.88 Å². The van der Waals surface area contributed by atoms with Crippen LogP contribution in [0.1, 0.15) is 22.7 Å². The Bertz CT molecular complexity index is 305. The van der Waals surface area contributed by atoms with Crippen LogP contribution in [0, 0.1) is 6.92 Å². The number of rotatable bonds is 2. The predicted molar refractivity (Wildman–Crippen MR) is 55.6 cm³/mol. The highest BCUT2D eigenvalue weighted by Gasteiger charge is 2.36. The molecule has 0 aliphatic carbocycles. The number of methoxy groups -OCH3 is 1. The van der Waals surface area contributed by atoms with Gasteiger partial charge in [0, 0.05) is 44.2 Å². The molecule has 0 saturated carbocycles. The van der Waals surface area contributed by atoms with Crippen molar-refractivity contribution in [3.63, 3.8) is 0 Å². The zero-order valence-corrected chi connectivity index (χ0v) is 9.39. The molecule has 2 rings (SSSR count). The number of ether oxygens (including phenoxy) is 2. The van der Waals surface area contributed by atoms with E-state index in [-0.39, 0.29) is 5.60 Å². The Morgan fingerprint density at radius 1 is 1.50 bits per heavy atom. The van der Waals surface area contributed by atoms with E-state index in [9.17, 15) is 0 Å². The first-order valence-electron chi connectivity index (χ1n) is 4.83. The molecule has 0 unspecified atom stereocenters. The van der Waals surface area contributed by atoms with Crippen LogP contribution < -0.4 is 0 Å². The number of hydrogen-bond acceptors (Lipinski definition) is 4. The van der Waals surface area contributed by atoms with Crippen molar-refractivity contribution < 1.29 is 9.47 Å². The lowest BCUT2D eigenvalue weighted by atomic mass is 9.95. The highest BCUT2D eigenvalue weighted by atomic mass is 32.1. The third-order valence-corrected chi connectivity index (χ3v) is 3.80. The molecule has 0 radical (unpaired) electrons. The van der Waals surface area contributed by atoms with E-state index in [4.69, 9.17) is 9.47 Å². The number of hydrogen-bond donors (Lipinski definition) is 0. The second-order valence-electron chi connectivity index (χ2n) is 3.59. The Hall–Kier alpha value is -0.450. The Kier molecular flexibility index (Phi) is 2.85. The minimum absolute atomic E-state index is 0.183. The fourth-order valence-electron chi connectivity index (χ4n) is 1.77. The maximum atomic E-state index is 5.65. The van der Waals surface area contributed by atoms with Crippen molar-refractivity contribution in [2.75, 3.05) is 20.3 Å². The van der Waals surface area contributed by atoms with Crippen molar-refractivity contribution in [3.05, 3.63) is 16.1 Å². The van der Waals surface area contributed by atoms with E-state index in [1.54, 1.807) is 18.4 Å². The average molecular weight is 213 g/mol. The molecule has 0 bridgehead atoms. The van der Waals surface area contributed by atoms with Crippen LogP contribution in [-0.2, 0) is 15.1 Å². The monoisotopic (exact) mass is 213 g/mol.